The second-order valence-corrected chi connectivity index (χ2v) is 2.31. The third-order valence-corrected chi connectivity index (χ3v) is 0.935. The van der Waals surface area contributed by atoms with Gasteiger partial charge in [0.2, 0.25) is 0 Å². The Morgan fingerprint density at radius 3 is 2.20 bits per heavy atom. The molecule has 8 N–H and O–H groups in total. The molecule has 0 radical (unpaired) electrons. The van der Waals surface area contributed by atoms with E-state index < -0.39 is 12.0 Å². The topological polar surface area (TPSA) is 113 Å². The highest BCUT2D eigenvalue weighted by atomic mass is 16.5. The van der Waals surface area contributed by atoms with E-state index in [2.05, 4.69) is 0 Å². The Hall–Kier alpha value is -0.200. The average molecular weight is 148 g/mol. The molecule has 1 unspecified atom stereocenters. The Morgan fingerprint density at radius 1 is 1.40 bits per heavy atom. The Morgan fingerprint density at radius 2 is 1.90 bits per heavy atom. The second-order valence-electron chi connectivity index (χ2n) is 2.31. The Labute approximate surface area is 60.7 Å². The predicted molar refractivity (Wildman–Crippen MR) is 39.5 cm³/mol. The zero-order valence-electron chi connectivity index (χ0n) is 6.21. The van der Waals surface area contributed by atoms with Crippen LogP contribution in [0.4, 0.5) is 0 Å². The molecule has 0 aromatic heterocycles. The van der Waals surface area contributed by atoms with Crippen molar-refractivity contribution in [3.8, 4) is 0 Å². The normalized spacial score (nSPS) is 15.3. The van der Waals surface area contributed by atoms with Crippen LogP contribution in [0.1, 0.15) is 13.3 Å². The van der Waals surface area contributed by atoms with Gasteiger partial charge in [-0.15, -0.1) is 0 Å². The van der Waals surface area contributed by atoms with Gasteiger partial charge in [-0.25, -0.2) is 0 Å². The fourth-order valence-electron chi connectivity index (χ4n) is 0.621. The second kappa shape index (κ2) is 3.85. The van der Waals surface area contributed by atoms with Gasteiger partial charge in [0, 0.05) is 13.0 Å². The fourth-order valence-corrected chi connectivity index (χ4v) is 0.621. The van der Waals surface area contributed by atoms with Crippen molar-refractivity contribution in [2.45, 2.75) is 25.4 Å². The van der Waals surface area contributed by atoms with Gasteiger partial charge in [0.1, 0.15) is 12.0 Å². The van der Waals surface area contributed by atoms with E-state index in [9.17, 15) is 0 Å². The largest absolute Gasteiger partial charge is 0.364 e. The van der Waals surface area contributed by atoms with Gasteiger partial charge in [-0.3, -0.25) is 0 Å². The molecular formula is C5H16N4O. The lowest BCUT2D eigenvalue weighted by Crippen LogP contribution is -2.60. The zero-order valence-corrected chi connectivity index (χ0v) is 6.21. The summed E-state index contributed by atoms with van der Waals surface area (Å²) in [4.78, 5) is 0. The summed E-state index contributed by atoms with van der Waals surface area (Å²) in [5.41, 5.74) is 21.2. The fraction of sp³-hybridized carbons (Fsp3) is 1.00. The van der Waals surface area contributed by atoms with Crippen LogP contribution in [0.3, 0.4) is 0 Å². The van der Waals surface area contributed by atoms with E-state index in [0.29, 0.717) is 6.61 Å². The summed E-state index contributed by atoms with van der Waals surface area (Å²) >= 11 is 0. The third-order valence-electron chi connectivity index (χ3n) is 0.935. The summed E-state index contributed by atoms with van der Waals surface area (Å²) in [6.45, 7) is 2.38. The molecule has 1 atom stereocenters. The minimum absolute atomic E-state index is 0.251. The van der Waals surface area contributed by atoms with E-state index in [1.165, 1.54) is 0 Å². The van der Waals surface area contributed by atoms with E-state index in [4.69, 9.17) is 27.7 Å². The van der Waals surface area contributed by atoms with Crippen molar-refractivity contribution in [2.24, 2.45) is 22.9 Å². The Bertz CT molecular complexity index is 90.1. The molecule has 0 amide bonds. The quantitative estimate of drug-likeness (QED) is 0.352. The summed E-state index contributed by atoms with van der Waals surface area (Å²) in [6, 6.07) is 0. The van der Waals surface area contributed by atoms with Crippen LogP contribution in [0.2, 0.25) is 0 Å². The summed E-state index contributed by atoms with van der Waals surface area (Å²) in [5.74, 6) is -1.23. The van der Waals surface area contributed by atoms with Crippen molar-refractivity contribution in [3.63, 3.8) is 0 Å². The molecule has 0 saturated heterocycles. The van der Waals surface area contributed by atoms with Crippen LogP contribution in [-0.4, -0.2) is 18.6 Å². The molecule has 0 aliphatic carbocycles. The minimum Gasteiger partial charge on any atom is -0.364 e. The predicted octanol–water partition coefficient (Wildman–Crippen LogP) is -1.77. The molecule has 0 aromatic carbocycles. The Balaban J connectivity index is 3.47. The molecule has 0 heterocycles. The first-order chi connectivity index (χ1) is 4.45. The van der Waals surface area contributed by atoms with Crippen molar-refractivity contribution in [1.29, 1.82) is 0 Å². The highest BCUT2D eigenvalue weighted by Gasteiger charge is 2.16. The maximum Gasteiger partial charge on any atom is 0.119 e. The lowest BCUT2D eigenvalue weighted by molar-refractivity contribution is 0.0457. The standard InChI is InChI=1S/C5H16N4O/c1-2-10-4(6)3-5(7,8)9/h4H,2-3,6-9H2,1H3. The maximum atomic E-state index is 5.41. The van der Waals surface area contributed by atoms with Crippen LogP contribution >= 0.6 is 0 Å². The lowest BCUT2D eigenvalue weighted by Gasteiger charge is -2.22. The maximum absolute atomic E-state index is 5.41. The zero-order chi connectivity index (χ0) is 8.20. The number of hydrogen-bond acceptors (Lipinski definition) is 5. The molecule has 0 rings (SSSR count). The third kappa shape index (κ3) is 5.93. The van der Waals surface area contributed by atoms with Crippen LogP contribution in [-0.2, 0) is 4.74 Å². The molecule has 0 saturated carbocycles. The van der Waals surface area contributed by atoms with Gasteiger partial charge in [-0.1, -0.05) is 0 Å². The number of rotatable bonds is 4. The molecule has 62 valence electrons. The molecule has 0 aromatic rings. The van der Waals surface area contributed by atoms with E-state index in [1.807, 2.05) is 6.92 Å². The molecule has 0 bridgehead atoms. The molecule has 0 aliphatic heterocycles. The van der Waals surface area contributed by atoms with Gasteiger partial charge in [-0.2, -0.15) is 0 Å². The lowest BCUT2D eigenvalue weighted by atomic mass is 10.2. The first-order valence-corrected chi connectivity index (χ1v) is 3.19. The summed E-state index contributed by atoms with van der Waals surface area (Å²) in [5, 5.41) is 0. The van der Waals surface area contributed by atoms with E-state index >= 15 is 0 Å². The summed E-state index contributed by atoms with van der Waals surface area (Å²) in [7, 11) is 0. The van der Waals surface area contributed by atoms with Crippen molar-refractivity contribution >= 4 is 0 Å². The highest BCUT2D eigenvalue weighted by molar-refractivity contribution is 4.70. The molecule has 0 fully saturated rings. The first-order valence-electron chi connectivity index (χ1n) is 3.19. The van der Waals surface area contributed by atoms with Crippen molar-refractivity contribution in [2.75, 3.05) is 6.61 Å². The monoisotopic (exact) mass is 148 g/mol. The molecular weight excluding hydrogens is 132 g/mol. The first kappa shape index (κ1) is 9.80. The van der Waals surface area contributed by atoms with Gasteiger partial charge in [0.25, 0.3) is 0 Å². The Kier molecular flexibility index (Phi) is 3.77. The van der Waals surface area contributed by atoms with Crippen LogP contribution < -0.4 is 22.9 Å². The molecule has 10 heavy (non-hydrogen) atoms. The van der Waals surface area contributed by atoms with Crippen LogP contribution in [0.15, 0.2) is 0 Å². The summed E-state index contributed by atoms with van der Waals surface area (Å²) in [6.07, 6.45) is -0.217. The average Bonchev–Trinajstić information content (AvgIpc) is 1.59. The van der Waals surface area contributed by atoms with Gasteiger partial charge >= 0.3 is 0 Å². The van der Waals surface area contributed by atoms with Gasteiger partial charge in [-0.05, 0) is 6.92 Å². The molecule has 0 aliphatic rings. The van der Waals surface area contributed by atoms with Gasteiger partial charge in [0.15, 0.2) is 0 Å². The number of ether oxygens (including phenoxy) is 1. The molecule has 5 heteroatoms. The van der Waals surface area contributed by atoms with Crippen LogP contribution in [0, 0.1) is 0 Å². The SMILES string of the molecule is CCOC(N)CC(N)(N)N. The van der Waals surface area contributed by atoms with E-state index in [-0.39, 0.29) is 6.42 Å². The van der Waals surface area contributed by atoms with Crippen molar-refractivity contribution in [1.82, 2.24) is 0 Å². The smallest absolute Gasteiger partial charge is 0.119 e. The van der Waals surface area contributed by atoms with Gasteiger partial charge in [0.05, 0.1) is 0 Å². The van der Waals surface area contributed by atoms with E-state index in [0.717, 1.165) is 0 Å². The van der Waals surface area contributed by atoms with Crippen molar-refractivity contribution in [3.05, 3.63) is 0 Å². The summed E-state index contributed by atoms with van der Waals surface area (Å²) < 4.78 is 4.96. The number of hydrogen-bond donors (Lipinski definition) is 4. The van der Waals surface area contributed by atoms with Crippen LogP contribution in [0.5, 0.6) is 0 Å². The van der Waals surface area contributed by atoms with Crippen molar-refractivity contribution < 1.29 is 4.74 Å². The molecule has 5 nitrogen and oxygen atoms in total. The number of nitrogens with two attached hydrogens (primary N) is 4. The molecule has 0 spiro atoms. The highest BCUT2D eigenvalue weighted by Crippen LogP contribution is 1.95. The van der Waals surface area contributed by atoms with E-state index in [1.54, 1.807) is 0 Å². The van der Waals surface area contributed by atoms with Crippen LogP contribution in [0.25, 0.3) is 0 Å². The minimum atomic E-state index is -1.23. The van der Waals surface area contributed by atoms with Gasteiger partial charge < -0.3 is 27.7 Å².